The summed E-state index contributed by atoms with van der Waals surface area (Å²) in [6.07, 6.45) is 3.07. The molecule has 2 aromatic rings. The summed E-state index contributed by atoms with van der Waals surface area (Å²) < 4.78 is 5.67. The van der Waals surface area contributed by atoms with Gasteiger partial charge in [-0.1, -0.05) is 6.07 Å². The second-order valence-electron chi connectivity index (χ2n) is 4.73. The second kappa shape index (κ2) is 8.15. The van der Waals surface area contributed by atoms with E-state index in [2.05, 4.69) is 10.3 Å². The fourth-order valence-corrected chi connectivity index (χ4v) is 1.81. The third-order valence-electron chi connectivity index (χ3n) is 2.95. The summed E-state index contributed by atoms with van der Waals surface area (Å²) in [4.78, 5) is 15.9. The van der Waals surface area contributed by atoms with Crippen LogP contribution in [0.5, 0.6) is 11.5 Å². The molecule has 0 bridgehead atoms. The number of carbonyl (C=O) groups is 1. The molecule has 0 spiro atoms. The van der Waals surface area contributed by atoms with Crippen LogP contribution in [-0.2, 0) is 0 Å². The number of carbonyl (C=O) groups excluding carboxylic acids is 1. The molecule has 0 fully saturated rings. The first-order chi connectivity index (χ1) is 11.6. The van der Waals surface area contributed by atoms with Gasteiger partial charge in [-0.3, -0.25) is 4.79 Å². The molecule has 6 nitrogen and oxygen atoms in total. The van der Waals surface area contributed by atoms with Crippen LogP contribution in [0.3, 0.4) is 0 Å². The van der Waals surface area contributed by atoms with Crippen LogP contribution < -0.4 is 15.8 Å². The summed E-state index contributed by atoms with van der Waals surface area (Å²) in [5.74, 6) is 0.704. The molecule has 2 rings (SSSR count). The Kier molecular flexibility index (Phi) is 5.70. The fourth-order valence-electron chi connectivity index (χ4n) is 1.81. The molecule has 0 aliphatic rings. The zero-order valence-corrected chi connectivity index (χ0v) is 13.1. The van der Waals surface area contributed by atoms with Gasteiger partial charge in [-0.2, -0.15) is 10.3 Å². The predicted octanol–water partition coefficient (Wildman–Crippen LogP) is 2.58. The van der Waals surface area contributed by atoms with Gasteiger partial charge < -0.3 is 15.8 Å². The molecule has 0 saturated carbocycles. The molecular weight excluding hydrogens is 304 g/mol. The molecule has 0 radical (unpaired) electrons. The van der Waals surface area contributed by atoms with E-state index in [1.807, 2.05) is 6.07 Å². The van der Waals surface area contributed by atoms with Crippen molar-refractivity contribution in [3.05, 3.63) is 71.9 Å². The van der Waals surface area contributed by atoms with Gasteiger partial charge in [0.2, 0.25) is 0 Å². The van der Waals surface area contributed by atoms with Gasteiger partial charge in [0.05, 0.1) is 11.6 Å². The maximum Gasteiger partial charge on any atom is 0.279 e. The van der Waals surface area contributed by atoms with E-state index >= 15 is 0 Å². The van der Waals surface area contributed by atoms with E-state index in [0.29, 0.717) is 22.6 Å². The van der Waals surface area contributed by atoms with Gasteiger partial charge in [0.1, 0.15) is 17.3 Å². The minimum absolute atomic E-state index is 0.104. The minimum atomic E-state index is -0.460. The van der Waals surface area contributed by atoms with Crippen LogP contribution in [0.4, 0.5) is 0 Å². The highest BCUT2D eigenvalue weighted by atomic mass is 16.5. The summed E-state index contributed by atoms with van der Waals surface area (Å²) in [7, 11) is 1.72. The fraction of sp³-hybridized carbons (Fsp3) is 0.0556. The SMILES string of the molecule is CN/C=C\C(N)=NC(=O)c1cccc(Oc2ccc(C#N)cc2)c1. The van der Waals surface area contributed by atoms with Gasteiger partial charge in [-0.05, 0) is 54.7 Å². The Labute approximate surface area is 139 Å². The summed E-state index contributed by atoms with van der Waals surface area (Å²) in [5.41, 5.74) is 6.54. The highest BCUT2D eigenvalue weighted by molar-refractivity contribution is 6.06. The number of amides is 1. The van der Waals surface area contributed by atoms with Crippen LogP contribution in [0.15, 0.2) is 65.8 Å². The van der Waals surface area contributed by atoms with Gasteiger partial charge in [0.15, 0.2) is 0 Å². The van der Waals surface area contributed by atoms with Crippen molar-refractivity contribution in [2.75, 3.05) is 7.05 Å². The van der Waals surface area contributed by atoms with E-state index in [4.69, 9.17) is 15.7 Å². The number of hydrogen-bond acceptors (Lipinski definition) is 4. The molecule has 3 N–H and O–H groups in total. The van der Waals surface area contributed by atoms with E-state index in [0.717, 1.165) is 0 Å². The normalized spacial score (nSPS) is 11.1. The van der Waals surface area contributed by atoms with Crippen molar-refractivity contribution in [2.24, 2.45) is 10.7 Å². The standard InChI is InChI=1S/C18H16N4O2/c1-21-10-9-17(20)22-18(23)14-3-2-4-16(11-14)24-15-7-5-13(12-19)6-8-15/h2-11,21H,1H3,(H2,20,22,23)/b10-9-. The zero-order valence-electron chi connectivity index (χ0n) is 13.1. The number of aliphatic imine (C=N–C) groups is 1. The number of hydrogen-bond donors (Lipinski definition) is 2. The molecule has 0 unspecified atom stereocenters. The quantitative estimate of drug-likeness (QED) is 0.651. The molecule has 0 aliphatic heterocycles. The predicted molar refractivity (Wildman–Crippen MR) is 91.8 cm³/mol. The zero-order chi connectivity index (χ0) is 17.4. The van der Waals surface area contributed by atoms with Gasteiger partial charge in [-0.15, -0.1) is 0 Å². The Hall–Kier alpha value is -3.59. The molecule has 6 heteroatoms. The first-order valence-electron chi connectivity index (χ1n) is 7.13. The largest absolute Gasteiger partial charge is 0.457 e. The topological polar surface area (TPSA) is 100 Å². The van der Waals surface area contributed by atoms with E-state index in [-0.39, 0.29) is 5.84 Å². The highest BCUT2D eigenvalue weighted by Crippen LogP contribution is 2.22. The number of nitriles is 1. The smallest absolute Gasteiger partial charge is 0.279 e. The molecule has 0 saturated heterocycles. The number of nitrogens with two attached hydrogens (primary N) is 1. The summed E-state index contributed by atoms with van der Waals surface area (Å²) >= 11 is 0. The monoisotopic (exact) mass is 320 g/mol. The van der Waals surface area contributed by atoms with Gasteiger partial charge in [-0.25, -0.2) is 0 Å². The minimum Gasteiger partial charge on any atom is -0.457 e. The third kappa shape index (κ3) is 4.71. The molecule has 0 aliphatic carbocycles. The number of nitrogens with one attached hydrogen (secondary N) is 1. The first kappa shape index (κ1) is 16.8. The Morgan fingerprint density at radius 2 is 2.00 bits per heavy atom. The molecule has 1 amide bonds. The lowest BCUT2D eigenvalue weighted by Crippen LogP contribution is -2.12. The van der Waals surface area contributed by atoms with E-state index < -0.39 is 5.91 Å². The van der Waals surface area contributed by atoms with Crippen LogP contribution in [0.2, 0.25) is 0 Å². The Morgan fingerprint density at radius 1 is 1.25 bits per heavy atom. The number of rotatable bonds is 5. The van der Waals surface area contributed by atoms with E-state index in [9.17, 15) is 4.79 Å². The average molecular weight is 320 g/mol. The van der Waals surface area contributed by atoms with E-state index in [1.165, 1.54) is 6.08 Å². The molecule has 0 aromatic heterocycles. The number of ether oxygens (including phenoxy) is 1. The highest BCUT2D eigenvalue weighted by Gasteiger charge is 2.07. The Balaban J connectivity index is 2.14. The van der Waals surface area contributed by atoms with Crippen LogP contribution >= 0.6 is 0 Å². The number of nitrogens with zero attached hydrogens (tertiary/aromatic N) is 2. The van der Waals surface area contributed by atoms with Crippen LogP contribution in [0.25, 0.3) is 0 Å². The van der Waals surface area contributed by atoms with Crippen molar-refractivity contribution in [2.45, 2.75) is 0 Å². The molecule has 0 atom stereocenters. The van der Waals surface area contributed by atoms with Crippen molar-refractivity contribution < 1.29 is 9.53 Å². The van der Waals surface area contributed by atoms with Crippen molar-refractivity contribution in [3.63, 3.8) is 0 Å². The van der Waals surface area contributed by atoms with Crippen molar-refractivity contribution in [3.8, 4) is 17.6 Å². The van der Waals surface area contributed by atoms with Gasteiger partial charge >= 0.3 is 0 Å². The number of benzene rings is 2. The van der Waals surface area contributed by atoms with E-state index in [1.54, 1.807) is 61.8 Å². The van der Waals surface area contributed by atoms with Crippen molar-refractivity contribution >= 4 is 11.7 Å². The first-order valence-corrected chi connectivity index (χ1v) is 7.13. The van der Waals surface area contributed by atoms with Crippen molar-refractivity contribution in [1.82, 2.24) is 5.32 Å². The van der Waals surface area contributed by atoms with Gasteiger partial charge in [0.25, 0.3) is 5.91 Å². The lowest BCUT2D eigenvalue weighted by Gasteiger charge is -2.06. The summed E-state index contributed by atoms with van der Waals surface area (Å²) in [6, 6.07) is 15.4. The van der Waals surface area contributed by atoms with Gasteiger partial charge in [0, 0.05) is 12.6 Å². The van der Waals surface area contributed by atoms with Crippen LogP contribution in [0.1, 0.15) is 15.9 Å². The summed E-state index contributed by atoms with van der Waals surface area (Å²) in [6.45, 7) is 0. The van der Waals surface area contributed by atoms with Crippen molar-refractivity contribution in [1.29, 1.82) is 5.26 Å². The lowest BCUT2D eigenvalue weighted by molar-refractivity contribution is 0.100. The molecule has 120 valence electrons. The number of amidine groups is 1. The molecule has 0 heterocycles. The van der Waals surface area contributed by atoms with Crippen LogP contribution in [0, 0.1) is 11.3 Å². The third-order valence-corrected chi connectivity index (χ3v) is 2.95. The molecule has 24 heavy (non-hydrogen) atoms. The Bertz CT molecular complexity index is 818. The second-order valence-corrected chi connectivity index (χ2v) is 4.73. The molecule has 2 aromatic carbocycles. The lowest BCUT2D eigenvalue weighted by atomic mass is 10.2. The summed E-state index contributed by atoms with van der Waals surface area (Å²) in [5, 5.41) is 11.5. The van der Waals surface area contributed by atoms with Crippen LogP contribution in [-0.4, -0.2) is 18.8 Å². The maximum atomic E-state index is 12.1. The molecular formula is C18H16N4O2. The average Bonchev–Trinajstić information content (AvgIpc) is 2.61. The Morgan fingerprint density at radius 3 is 2.67 bits per heavy atom. The maximum absolute atomic E-state index is 12.1.